The Bertz CT molecular complexity index is 404. The van der Waals surface area contributed by atoms with Gasteiger partial charge >= 0.3 is 0 Å². The lowest BCUT2D eigenvalue weighted by Crippen LogP contribution is -2.32. The first kappa shape index (κ1) is 14.1. The standard InChI is InChI=1S/C16H24N2O/c1-12-6-5-9-14(12)11-18-16(19)10-15(17)13-7-3-2-4-8-13/h2-4,7-8,12,14-15H,5-6,9-11,17H2,1H3,(H,18,19). The van der Waals surface area contributed by atoms with Crippen molar-refractivity contribution in [2.75, 3.05) is 6.54 Å². The van der Waals surface area contributed by atoms with Gasteiger partial charge in [-0.1, -0.05) is 50.1 Å². The van der Waals surface area contributed by atoms with Crippen LogP contribution in [0.5, 0.6) is 0 Å². The Morgan fingerprint density at radius 2 is 2.11 bits per heavy atom. The maximum absolute atomic E-state index is 11.9. The van der Waals surface area contributed by atoms with Crippen LogP contribution in [0.4, 0.5) is 0 Å². The van der Waals surface area contributed by atoms with Crippen LogP contribution in [0.25, 0.3) is 0 Å². The maximum atomic E-state index is 11.9. The van der Waals surface area contributed by atoms with Crippen LogP contribution in [0.1, 0.15) is 44.2 Å². The first-order chi connectivity index (χ1) is 9.16. The molecule has 0 heterocycles. The molecular weight excluding hydrogens is 236 g/mol. The summed E-state index contributed by atoms with van der Waals surface area (Å²) in [6.45, 7) is 3.08. The van der Waals surface area contributed by atoms with Crippen LogP contribution in [0.15, 0.2) is 30.3 Å². The Balaban J connectivity index is 1.75. The fraction of sp³-hybridized carbons (Fsp3) is 0.562. The average molecular weight is 260 g/mol. The van der Waals surface area contributed by atoms with Gasteiger partial charge in [0.1, 0.15) is 0 Å². The van der Waals surface area contributed by atoms with Gasteiger partial charge in [0.2, 0.25) is 5.91 Å². The molecule has 1 aromatic carbocycles. The number of hydrogen-bond acceptors (Lipinski definition) is 2. The number of amides is 1. The second kappa shape index (κ2) is 6.71. The highest BCUT2D eigenvalue weighted by Gasteiger charge is 2.23. The van der Waals surface area contributed by atoms with E-state index in [0.717, 1.165) is 18.0 Å². The third kappa shape index (κ3) is 4.06. The van der Waals surface area contributed by atoms with Crippen molar-refractivity contribution in [3.8, 4) is 0 Å². The van der Waals surface area contributed by atoms with E-state index in [1.54, 1.807) is 0 Å². The maximum Gasteiger partial charge on any atom is 0.221 e. The van der Waals surface area contributed by atoms with Gasteiger partial charge in [0, 0.05) is 19.0 Å². The van der Waals surface area contributed by atoms with Crippen LogP contribution in [0.2, 0.25) is 0 Å². The molecule has 0 saturated heterocycles. The van der Waals surface area contributed by atoms with E-state index in [1.807, 2.05) is 30.3 Å². The van der Waals surface area contributed by atoms with Crippen LogP contribution in [-0.4, -0.2) is 12.5 Å². The van der Waals surface area contributed by atoms with Crippen molar-refractivity contribution in [3.05, 3.63) is 35.9 Å². The summed E-state index contributed by atoms with van der Waals surface area (Å²) in [5, 5.41) is 3.04. The van der Waals surface area contributed by atoms with Crippen LogP contribution in [0.3, 0.4) is 0 Å². The second-order valence-corrected chi connectivity index (χ2v) is 5.69. The predicted molar refractivity (Wildman–Crippen MR) is 77.5 cm³/mol. The Morgan fingerprint density at radius 1 is 1.37 bits per heavy atom. The van der Waals surface area contributed by atoms with E-state index in [0.29, 0.717) is 12.3 Å². The first-order valence-electron chi connectivity index (χ1n) is 7.24. The van der Waals surface area contributed by atoms with Gasteiger partial charge in [-0.05, 0) is 23.8 Å². The smallest absolute Gasteiger partial charge is 0.221 e. The Labute approximate surface area is 115 Å². The molecule has 0 aromatic heterocycles. The molecular formula is C16H24N2O. The Kier molecular flexibility index (Phi) is 4.97. The zero-order valence-corrected chi connectivity index (χ0v) is 11.6. The molecule has 3 N–H and O–H groups in total. The van der Waals surface area contributed by atoms with Gasteiger partial charge in [0.25, 0.3) is 0 Å². The predicted octanol–water partition coefficient (Wildman–Crippen LogP) is 2.63. The summed E-state index contributed by atoms with van der Waals surface area (Å²) in [4.78, 5) is 11.9. The Morgan fingerprint density at radius 3 is 2.74 bits per heavy atom. The molecule has 3 nitrogen and oxygen atoms in total. The van der Waals surface area contributed by atoms with E-state index in [2.05, 4.69) is 12.2 Å². The number of hydrogen-bond donors (Lipinski definition) is 2. The van der Waals surface area contributed by atoms with E-state index >= 15 is 0 Å². The molecule has 3 atom stereocenters. The molecule has 0 spiro atoms. The van der Waals surface area contributed by atoms with Crippen molar-refractivity contribution in [2.45, 2.75) is 38.6 Å². The van der Waals surface area contributed by atoms with Crippen LogP contribution in [0, 0.1) is 11.8 Å². The number of carbonyl (C=O) groups is 1. The SMILES string of the molecule is CC1CCCC1CNC(=O)CC(N)c1ccccc1. The highest BCUT2D eigenvalue weighted by molar-refractivity contribution is 5.76. The normalized spacial score (nSPS) is 24.1. The minimum Gasteiger partial charge on any atom is -0.356 e. The molecule has 1 aromatic rings. The van der Waals surface area contributed by atoms with Crippen LogP contribution < -0.4 is 11.1 Å². The summed E-state index contributed by atoms with van der Waals surface area (Å²) >= 11 is 0. The average Bonchev–Trinajstić information content (AvgIpc) is 2.83. The van der Waals surface area contributed by atoms with Gasteiger partial charge in [-0.3, -0.25) is 4.79 Å². The summed E-state index contributed by atoms with van der Waals surface area (Å²) in [5.41, 5.74) is 7.07. The molecule has 0 aliphatic heterocycles. The van der Waals surface area contributed by atoms with Gasteiger partial charge in [0.15, 0.2) is 0 Å². The molecule has 19 heavy (non-hydrogen) atoms. The summed E-state index contributed by atoms with van der Waals surface area (Å²) in [6, 6.07) is 9.59. The van der Waals surface area contributed by atoms with Crippen molar-refractivity contribution in [3.63, 3.8) is 0 Å². The molecule has 3 heteroatoms. The topological polar surface area (TPSA) is 55.1 Å². The van der Waals surface area contributed by atoms with Gasteiger partial charge in [-0.2, -0.15) is 0 Å². The lowest BCUT2D eigenvalue weighted by molar-refractivity contribution is -0.121. The number of nitrogens with two attached hydrogens (primary N) is 1. The number of carbonyl (C=O) groups excluding carboxylic acids is 1. The molecule has 3 unspecified atom stereocenters. The first-order valence-corrected chi connectivity index (χ1v) is 7.24. The minimum absolute atomic E-state index is 0.0652. The monoisotopic (exact) mass is 260 g/mol. The molecule has 1 saturated carbocycles. The lowest BCUT2D eigenvalue weighted by Gasteiger charge is -2.17. The zero-order valence-electron chi connectivity index (χ0n) is 11.6. The van der Waals surface area contributed by atoms with Gasteiger partial charge < -0.3 is 11.1 Å². The van der Waals surface area contributed by atoms with E-state index in [-0.39, 0.29) is 11.9 Å². The molecule has 104 valence electrons. The van der Waals surface area contributed by atoms with Crippen molar-refractivity contribution in [1.29, 1.82) is 0 Å². The van der Waals surface area contributed by atoms with Gasteiger partial charge in [-0.25, -0.2) is 0 Å². The van der Waals surface area contributed by atoms with Crippen molar-refractivity contribution in [2.24, 2.45) is 17.6 Å². The molecule has 2 rings (SSSR count). The summed E-state index contributed by atoms with van der Waals surface area (Å²) in [5.74, 6) is 1.45. The van der Waals surface area contributed by atoms with Crippen LogP contribution >= 0.6 is 0 Å². The van der Waals surface area contributed by atoms with Crippen LogP contribution in [-0.2, 0) is 4.79 Å². The van der Waals surface area contributed by atoms with Crippen molar-refractivity contribution >= 4 is 5.91 Å². The fourth-order valence-corrected chi connectivity index (χ4v) is 2.86. The highest BCUT2D eigenvalue weighted by atomic mass is 16.1. The number of benzene rings is 1. The molecule has 1 aliphatic carbocycles. The second-order valence-electron chi connectivity index (χ2n) is 5.69. The highest BCUT2D eigenvalue weighted by Crippen LogP contribution is 2.30. The molecule has 1 fully saturated rings. The number of rotatable bonds is 5. The van der Waals surface area contributed by atoms with Crippen molar-refractivity contribution < 1.29 is 4.79 Å². The van der Waals surface area contributed by atoms with Gasteiger partial charge in [0.05, 0.1) is 0 Å². The summed E-state index contributed by atoms with van der Waals surface area (Å²) in [7, 11) is 0. The molecule has 1 amide bonds. The minimum atomic E-state index is -0.206. The summed E-state index contributed by atoms with van der Waals surface area (Å²) < 4.78 is 0. The number of nitrogens with one attached hydrogen (secondary N) is 1. The van der Waals surface area contributed by atoms with E-state index in [9.17, 15) is 4.79 Å². The largest absolute Gasteiger partial charge is 0.356 e. The van der Waals surface area contributed by atoms with Crippen molar-refractivity contribution in [1.82, 2.24) is 5.32 Å². The van der Waals surface area contributed by atoms with Gasteiger partial charge in [-0.15, -0.1) is 0 Å². The molecule has 0 radical (unpaired) electrons. The third-order valence-electron chi connectivity index (χ3n) is 4.23. The third-order valence-corrected chi connectivity index (χ3v) is 4.23. The quantitative estimate of drug-likeness (QED) is 0.855. The zero-order chi connectivity index (χ0) is 13.7. The Hall–Kier alpha value is -1.35. The lowest BCUT2D eigenvalue weighted by atomic mass is 9.98. The molecule has 0 bridgehead atoms. The molecule has 1 aliphatic rings. The van der Waals surface area contributed by atoms with E-state index in [4.69, 9.17) is 5.73 Å². The van der Waals surface area contributed by atoms with E-state index < -0.39 is 0 Å². The van der Waals surface area contributed by atoms with E-state index in [1.165, 1.54) is 19.3 Å². The summed E-state index contributed by atoms with van der Waals surface area (Å²) in [6.07, 6.45) is 4.20. The fourth-order valence-electron chi connectivity index (χ4n) is 2.86.